The van der Waals surface area contributed by atoms with Crippen molar-refractivity contribution in [3.8, 4) is 0 Å². The van der Waals surface area contributed by atoms with Gasteiger partial charge in [0.15, 0.2) is 0 Å². The Hall–Kier alpha value is -2.03. The molecule has 2 heteroatoms. The smallest absolute Gasteiger partial charge is 0.0182 e. The minimum Gasteiger partial charge on any atom is -0.326 e. The van der Waals surface area contributed by atoms with Crippen molar-refractivity contribution >= 4 is 22.9 Å². The molecule has 0 saturated heterocycles. The van der Waals surface area contributed by atoms with E-state index in [1.165, 1.54) is 38.3 Å². The van der Waals surface area contributed by atoms with Gasteiger partial charge in [0.2, 0.25) is 0 Å². The highest BCUT2D eigenvalue weighted by Crippen LogP contribution is 2.36. The lowest BCUT2D eigenvalue weighted by atomic mass is 9.95. The highest BCUT2D eigenvalue weighted by molar-refractivity contribution is 7.98. The van der Waals surface area contributed by atoms with Crippen molar-refractivity contribution in [1.29, 1.82) is 0 Å². The lowest BCUT2D eigenvalue weighted by Gasteiger charge is -2.16. The Labute approximate surface area is 182 Å². The minimum absolute atomic E-state index is 0.562. The minimum atomic E-state index is 0.562. The number of benzene rings is 2. The first-order valence-corrected chi connectivity index (χ1v) is 11.9. The van der Waals surface area contributed by atoms with Crippen LogP contribution in [0.15, 0.2) is 71.7 Å². The van der Waals surface area contributed by atoms with Crippen LogP contribution in [0.5, 0.6) is 0 Å². The first kappa shape index (κ1) is 25.0. The van der Waals surface area contributed by atoms with Crippen molar-refractivity contribution in [2.45, 2.75) is 52.4 Å². The van der Waals surface area contributed by atoms with Gasteiger partial charge >= 0.3 is 0 Å². The fourth-order valence-electron chi connectivity index (χ4n) is 3.31. The molecule has 0 unspecified atom stereocenters. The van der Waals surface area contributed by atoms with Crippen LogP contribution in [0.4, 0.5) is 0 Å². The molecule has 0 amide bonds. The van der Waals surface area contributed by atoms with E-state index in [0.717, 1.165) is 12.8 Å². The molecule has 0 heterocycles. The number of nitrogens with two attached hydrogens (primary N) is 1. The maximum absolute atomic E-state index is 6.02. The largest absolute Gasteiger partial charge is 0.326 e. The molecular weight excluding hydrogens is 370 g/mol. The molecule has 3 rings (SSSR count). The van der Waals surface area contributed by atoms with Gasteiger partial charge in [-0.1, -0.05) is 94.5 Å². The quantitative estimate of drug-likeness (QED) is 0.496. The number of rotatable bonds is 6. The lowest BCUT2D eigenvalue weighted by Crippen LogP contribution is -2.04. The van der Waals surface area contributed by atoms with Gasteiger partial charge in [0.05, 0.1) is 0 Å². The fraction of sp³-hybridized carbons (Fsp3) is 0.333. The third-order valence-electron chi connectivity index (χ3n) is 4.73. The van der Waals surface area contributed by atoms with Gasteiger partial charge in [-0.3, -0.25) is 0 Å². The zero-order valence-corrected chi connectivity index (χ0v) is 19.8. The van der Waals surface area contributed by atoms with E-state index in [0.29, 0.717) is 6.54 Å². The van der Waals surface area contributed by atoms with Crippen LogP contribution in [-0.2, 0) is 6.42 Å². The third-order valence-corrected chi connectivity index (χ3v) is 5.61. The molecule has 0 aromatic heterocycles. The number of hydrogen-bond donors (Lipinski definition) is 1. The van der Waals surface area contributed by atoms with Crippen LogP contribution in [0, 0.1) is 6.92 Å². The summed E-state index contributed by atoms with van der Waals surface area (Å²) in [5, 5.41) is 0. The van der Waals surface area contributed by atoms with Crippen molar-refractivity contribution in [3.63, 3.8) is 0 Å². The number of allylic oxidation sites excluding steroid dienone is 5. The number of thioether (sulfide) groups is 1. The summed E-state index contributed by atoms with van der Waals surface area (Å²) in [7, 11) is 0. The molecule has 1 aliphatic rings. The van der Waals surface area contributed by atoms with Crippen LogP contribution in [0.3, 0.4) is 0 Å². The van der Waals surface area contributed by atoms with Gasteiger partial charge in [-0.15, -0.1) is 11.8 Å². The van der Waals surface area contributed by atoms with Crippen LogP contribution in [-0.4, -0.2) is 12.8 Å². The lowest BCUT2D eigenvalue weighted by molar-refractivity contribution is 1.11. The molecule has 0 bridgehead atoms. The highest BCUT2D eigenvalue weighted by Gasteiger charge is 2.14. The van der Waals surface area contributed by atoms with Gasteiger partial charge in [0, 0.05) is 11.4 Å². The molecule has 0 spiro atoms. The summed E-state index contributed by atoms with van der Waals surface area (Å²) in [6, 6.07) is 15.0. The normalized spacial score (nSPS) is 12.5. The second-order valence-corrected chi connectivity index (χ2v) is 7.09. The van der Waals surface area contributed by atoms with Gasteiger partial charge in [-0.05, 0) is 59.4 Å². The number of aryl methyl sites for hydroxylation is 1. The van der Waals surface area contributed by atoms with Gasteiger partial charge in [-0.2, -0.15) is 0 Å². The van der Waals surface area contributed by atoms with E-state index in [4.69, 9.17) is 5.73 Å². The van der Waals surface area contributed by atoms with E-state index in [1.54, 1.807) is 0 Å². The molecule has 0 fully saturated rings. The van der Waals surface area contributed by atoms with Gasteiger partial charge in [-0.25, -0.2) is 0 Å². The molecule has 2 N–H and O–H groups in total. The van der Waals surface area contributed by atoms with Gasteiger partial charge in [0.1, 0.15) is 0 Å². The first-order chi connectivity index (χ1) is 14.2. The van der Waals surface area contributed by atoms with Crippen molar-refractivity contribution in [1.82, 2.24) is 0 Å². The highest BCUT2D eigenvalue weighted by atomic mass is 32.2. The Morgan fingerprint density at radius 2 is 1.72 bits per heavy atom. The Morgan fingerprint density at radius 3 is 2.28 bits per heavy atom. The summed E-state index contributed by atoms with van der Waals surface area (Å²) in [5.41, 5.74) is 14.0. The summed E-state index contributed by atoms with van der Waals surface area (Å²) in [4.78, 5) is 1.40. The van der Waals surface area contributed by atoms with Gasteiger partial charge < -0.3 is 5.73 Å². The standard InChI is InChI=1S/C23H25NS.2C2H6/c1-17-12-14-22(19-10-6-7-11-19)23(25-2)21(17)15-13-20(16-24)18-8-4-3-5-9-18;2*1-2/h3-10,12-14H,11,15-16,24H2,1-2H3;2*1-2H3/b20-13+;;. The van der Waals surface area contributed by atoms with Crippen LogP contribution in [0.1, 0.15) is 56.4 Å². The average Bonchev–Trinajstić information content (AvgIpc) is 3.33. The molecule has 156 valence electrons. The molecule has 0 aliphatic heterocycles. The van der Waals surface area contributed by atoms with E-state index in [2.05, 4.69) is 73.9 Å². The molecule has 1 nitrogen and oxygen atoms in total. The first-order valence-electron chi connectivity index (χ1n) is 10.7. The van der Waals surface area contributed by atoms with Crippen LogP contribution in [0.25, 0.3) is 11.1 Å². The predicted octanol–water partition coefficient (Wildman–Crippen LogP) is 7.70. The molecule has 2 aromatic carbocycles. The zero-order valence-electron chi connectivity index (χ0n) is 19.0. The van der Waals surface area contributed by atoms with E-state index >= 15 is 0 Å². The number of hydrogen-bond acceptors (Lipinski definition) is 2. The summed E-state index contributed by atoms with van der Waals surface area (Å²) in [6.07, 6.45) is 13.0. The molecular formula is C27H37NS. The molecule has 29 heavy (non-hydrogen) atoms. The second-order valence-electron chi connectivity index (χ2n) is 6.27. The van der Waals surface area contributed by atoms with Crippen molar-refractivity contribution in [2.24, 2.45) is 5.73 Å². The Kier molecular flexibility index (Phi) is 12.1. The Morgan fingerprint density at radius 1 is 1.03 bits per heavy atom. The van der Waals surface area contributed by atoms with E-state index in [9.17, 15) is 0 Å². The van der Waals surface area contributed by atoms with Crippen LogP contribution in [0.2, 0.25) is 0 Å². The van der Waals surface area contributed by atoms with Crippen molar-refractivity contribution < 1.29 is 0 Å². The molecule has 2 aromatic rings. The summed E-state index contributed by atoms with van der Waals surface area (Å²) >= 11 is 1.85. The predicted molar refractivity (Wildman–Crippen MR) is 135 cm³/mol. The maximum atomic E-state index is 6.02. The Balaban J connectivity index is 0.000000989. The molecule has 1 aliphatic carbocycles. The van der Waals surface area contributed by atoms with E-state index < -0.39 is 0 Å². The summed E-state index contributed by atoms with van der Waals surface area (Å²) < 4.78 is 0. The van der Waals surface area contributed by atoms with Crippen molar-refractivity contribution in [3.05, 3.63) is 89.0 Å². The summed E-state index contributed by atoms with van der Waals surface area (Å²) in [6.45, 7) is 10.8. The average molecular weight is 408 g/mol. The topological polar surface area (TPSA) is 26.0 Å². The van der Waals surface area contributed by atoms with E-state index in [1.807, 2.05) is 45.5 Å². The fourth-order valence-corrected chi connectivity index (χ4v) is 4.22. The SMILES string of the molecule is CC.CC.CSc1c(C2=CC=CC2)ccc(C)c1C/C=C(\CN)c1ccccc1. The monoisotopic (exact) mass is 407 g/mol. The Bertz CT molecular complexity index is 829. The molecule has 0 saturated carbocycles. The molecule has 0 radical (unpaired) electrons. The second kappa shape index (κ2) is 14.0. The zero-order chi connectivity index (χ0) is 21.6. The van der Waals surface area contributed by atoms with Crippen LogP contribution >= 0.6 is 11.8 Å². The third kappa shape index (κ3) is 6.76. The maximum Gasteiger partial charge on any atom is 0.0182 e. The van der Waals surface area contributed by atoms with Crippen LogP contribution < -0.4 is 5.73 Å². The van der Waals surface area contributed by atoms with Gasteiger partial charge in [0.25, 0.3) is 0 Å². The summed E-state index contributed by atoms with van der Waals surface area (Å²) in [5.74, 6) is 0. The van der Waals surface area contributed by atoms with Crippen molar-refractivity contribution in [2.75, 3.05) is 12.8 Å². The van der Waals surface area contributed by atoms with E-state index in [-0.39, 0.29) is 0 Å². The molecule has 0 atom stereocenters.